The average molecular weight is 399 g/mol. The van der Waals surface area contributed by atoms with Crippen molar-refractivity contribution in [3.8, 4) is 22.6 Å². The van der Waals surface area contributed by atoms with Gasteiger partial charge >= 0.3 is 0 Å². The summed E-state index contributed by atoms with van der Waals surface area (Å²) in [5.41, 5.74) is 6.29. The third-order valence-electron chi connectivity index (χ3n) is 5.52. The van der Waals surface area contributed by atoms with E-state index in [4.69, 9.17) is 9.47 Å². The Morgan fingerprint density at radius 2 is 1.60 bits per heavy atom. The highest BCUT2D eigenvalue weighted by molar-refractivity contribution is 6.00. The molecule has 0 bridgehead atoms. The van der Waals surface area contributed by atoms with Gasteiger partial charge in [0, 0.05) is 24.1 Å². The second kappa shape index (κ2) is 7.67. The van der Waals surface area contributed by atoms with Gasteiger partial charge in [-0.05, 0) is 59.0 Å². The number of ether oxygens (including phenoxy) is 2. The molecule has 5 rings (SSSR count). The first-order valence-corrected chi connectivity index (χ1v) is 10.1. The molecule has 5 nitrogen and oxygen atoms in total. The topological polar surface area (TPSA) is 64.6 Å². The van der Waals surface area contributed by atoms with Crippen molar-refractivity contribution in [2.75, 3.05) is 18.5 Å². The van der Waals surface area contributed by atoms with E-state index < -0.39 is 0 Å². The highest BCUT2D eigenvalue weighted by atomic mass is 16.6. The van der Waals surface area contributed by atoms with Crippen LogP contribution in [0.3, 0.4) is 0 Å². The van der Waals surface area contributed by atoms with Gasteiger partial charge in [-0.2, -0.15) is 0 Å². The number of benzene rings is 3. The van der Waals surface area contributed by atoms with Crippen molar-refractivity contribution in [3.63, 3.8) is 0 Å². The zero-order chi connectivity index (χ0) is 20.5. The summed E-state index contributed by atoms with van der Waals surface area (Å²) in [6.07, 6.45) is 1.14. The lowest BCUT2D eigenvalue weighted by Gasteiger charge is -2.18. The third kappa shape index (κ3) is 3.54. The number of anilines is 1. The van der Waals surface area contributed by atoms with E-state index in [2.05, 4.69) is 23.5 Å². The number of carbonyl (C=O) groups excluding carboxylic acids is 2. The summed E-state index contributed by atoms with van der Waals surface area (Å²) in [6, 6.07) is 19.5. The first-order valence-electron chi connectivity index (χ1n) is 10.1. The van der Waals surface area contributed by atoms with Gasteiger partial charge in [-0.3, -0.25) is 9.59 Å². The smallest absolute Gasteiger partial charge is 0.224 e. The van der Waals surface area contributed by atoms with E-state index in [1.165, 1.54) is 22.3 Å². The highest BCUT2D eigenvalue weighted by Crippen LogP contribution is 2.37. The first-order chi connectivity index (χ1) is 14.7. The molecule has 3 aromatic rings. The lowest BCUT2D eigenvalue weighted by atomic mass is 10.0. The second-order valence-electron chi connectivity index (χ2n) is 7.54. The molecular formula is C25H21NO4. The lowest BCUT2D eigenvalue weighted by molar-refractivity contribution is -0.116. The Balaban J connectivity index is 1.20. The zero-order valence-corrected chi connectivity index (χ0v) is 16.4. The SMILES string of the molecule is O=C(CCC(=O)c1ccc2c(c1)OCCO2)Nc1ccc2c(c1)Cc1ccccc1-2. The van der Waals surface area contributed by atoms with Crippen LogP contribution in [0.4, 0.5) is 5.69 Å². The third-order valence-corrected chi connectivity index (χ3v) is 5.52. The molecule has 0 atom stereocenters. The van der Waals surface area contributed by atoms with Crippen LogP contribution in [0, 0.1) is 0 Å². The van der Waals surface area contributed by atoms with Gasteiger partial charge in [0.25, 0.3) is 0 Å². The minimum Gasteiger partial charge on any atom is -0.486 e. The van der Waals surface area contributed by atoms with E-state index >= 15 is 0 Å². The Hall–Kier alpha value is -3.60. The van der Waals surface area contributed by atoms with Crippen LogP contribution in [0.15, 0.2) is 60.7 Å². The maximum absolute atomic E-state index is 12.5. The van der Waals surface area contributed by atoms with Crippen LogP contribution >= 0.6 is 0 Å². The highest BCUT2D eigenvalue weighted by Gasteiger charge is 2.19. The molecular weight excluding hydrogens is 378 g/mol. The Kier molecular flexibility index (Phi) is 4.71. The van der Waals surface area contributed by atoms with Crippen LogP contribution in [-0.4, -0.2) is 24.9 Å². The predicted molar refractivity (Wildman–Crippen MR) is 114 cm³/mol. The van der Waals surface area contributed by atoms with E-state index in [1.807, 2.05) is 24.3 Å². The quantitative estimate of drug-likeness (QED) is 0.497. The van der Waals surface area contributed by atoms with Crippen LogP contribution in [-0.2, 0) is 11.2 Å². The molecule has 3 aromatic carbocycles. The summed E-state index contributed by atoms with van der Waals surface area (Å²) in [5.74, 6) is 0.966. The van der Waals surface area contributed by atoms with Crippen LogP contribution in [0.25, 0.3) is 11.1 Å². The lowest BCUT2D eigenvalue weighted by Crippen LogP contribution is -2.16. The van der Waals surface area contributed by atoms with Gasteiger partial charge in [0.05, 0.1) is 0 Å². The first kappa shape index (κ1) is 18.4. The van der Waals surface area contributed by atoms with Gasteiger partial charge < -0.3 is 14.8 Å². The number of carbonyl (C=O) groups is 2. The molecule has 1 amide bonds. The molecule has 0 radical (unpaired) electrons. The van der Waals surface area contributed by atoms with E-state index in [9.17, 15) is 9.59 Å². The summed E-state index contributed by atoms with van der Waals surface area (Å²) in [5, 5.41) is 2.92. The average Bonchev–Trinajstić information content (AvgIpc) is 3.15. The van der Waals surface area contributed by atoms with E-state index in [0.717, 1.165) is 12.1 Å². The number of Topliss-reactive ketones (excluding diaryl/α,β-unsaturated/α-hetero) is 1. The molecule has 0 fully saturated rings. The summed E-state index contributed by atoms with van der Waals surface area (Å²) in [4.78, 5) is 24.9. The van der Waals surface area contributed by atoms with Crippen LogP contribution in [0.5, 0.6) is 11.5 Å². The monoisotopic (exact) mass is 399 g/mol. The molecule has 0 saturated carbocycles. The number of hydrogen-bond donors (Lipinski definition) is 1. The molecule has 0 aromatic heterocycles. The molecule has 0 spiro atoms. The molecule has 1 heterocycles. The minimum atomic E-state index is -0.170. The largest absolute Gasteiger partial charge is 0.486 e. The Morgan fingerprint density at radius 3 is 2.50 bits per heavy atom. The van der Waals surface area contributed by atoms with Crippen molar-refractivity contribution in [3.05, 3.63) is 77.4 Å². The normalized spacial score (nSPS) is 13.3. The van der Waals surface area contributed by atoms with Crippen LogP contribution < -0.4 is 14.8 Å². The molecule has 1 aliphatic heterocycles. The number of rotatable bonds is 5. The van der Waals surface area contributed by atoms with Gasteiger partial charge in [0.15, 0.2) is 17.3 Å². The van der Waals surface area contributed by atoms with Gasteiger partial charge in [-0.15, -0.1) is 0 Å². The molecule has 0 unspecified atom stereocenters. The van der Waals surface area contributed by atoms with Gasteiger partial charge in [-0.25, -0.2) is 0 Å². The standard InChI is InChI=1S/C25H21NO4/c27-22(17-5-9-23-24(15-17)30-12-11-29-23)8-10-25(28)26-19-6-7-21-18(14-19)13-16-3-1-2-4-20(16)21/h1-7,9,14-15H,8,10-13H2,(H,26,28). The number of nitrogens with one attached hydrogen (secondary N) is 1. The maximum atomic E-state index is 12.5. The fourth-order valence-electron chi connectivity index (χ4n) is 4.03. The predicted octanol–water partition coefficient (Wildman–Crippen LogP) is 4.63. The van der Waals surface area contributed by atoms with Crippen LogP contribution in [0.2, 0.25) is 0 Å². The van der Waals surface area contributed by atoms with Crippen molar-refractivity contribution in [2.45, 2.75) is 19.3 Å². The van der Waals surface area contributed by atoms with E-state index in [1.54, 1.807) is 18.2 Å². The molecule has 30 heavy (non-hydrogen) atoms. The number of ketones is 1. The van der Waals surface area contributed by atoms with Crippen molar-refractivity contribution < 1.29 is 19.1 Å². The van der Waals surface area contributed by atoms with Gasteiger partial charge in [-0.1, -0.05) is 30.3 Å². The fourth-order valence-corrected chi connectivity index (χ4v) is 4.03. The fraction of sp³-hybridized carbons (Fsp3) is 0.200. The molecule has 5 heteroatoms. The maximum Gasteiger partial charge on any atom is 0.224 e. The summed E-state index contributed by atoms with van der Waals surface area (Å²) >= 11 is 0. The molecule has 150 valence electrons. The van der Waals surface area contributed by atoms with Crippen molar-refractivity contribution in [1.29, 1.82) is 0 Å². The van der Waals surface area contributed by atoms with Gasteiger partial charge in [0.2, 0.25) is 5.91 Å². The molecule has 0 saturated heterocycles. The summed E-state index contributed by atoms with van der Waals surface area (Å²) < 4.78 is 11.0. The number of fused-ring (bicyclic) bond motifs is 4. The van der Waals surface area contributed by atoms with E-state index in [0.29, 0.717) is 30.3 Å². The second-order valence-corrected chi connectivity index (χ2v) is 7.54. The minimum absolute atomic E-state index is 0.0912. The molecule has 1 aliphatic carbocycles. The van der Waals surface area contributed by atoms with Crippen molar-refractivity contribution in [2.24, 2.45) is 0 Å². The Labute approximate surface area is 174 Å². The van der Waals surface area contributed by atoms with Crippen molar-refractivity contribution >= 4 is 17.4 Å². The van der Waals surface area contributed by atoms with Crippen LogP contribution in [0.1, 0.15) is 34.3 Å². The molecule has 1 N–H and O–H groups in total. The van der Waals surface area contributed by atoms with E-state index in [-0.39, 0.29) is 24.5 Å². The number of hydrogen-bond acceptors (Lipinski definition) is 4. The van der Waals surface area contributed by atoms with Gasteiger partial charge in [0.1, 0.15) is 13.2 Å². The Morgan fingerprint density at radius 1 is 0.800 bits per heavy atom. The Bertz CT molecular complexity index is 1150. The molecule has 2 aliphatic rings. The summed E-state index contributed by atoms with van der Waals surface area (Å²) in [7, 11) is 0. The summed E-state index contributed by atoms with van der Waals surface area (Å²) in [6.45, 7) is 0.980. The van der Waals surface area contributed by atoms with Crippen molar-refractivity contribution in [1.82, 2.24) is 0 Å². The zero-order valence-electron chi connectivity index (χ0n) is 16.4. The number of amides is 1.